The Labute approximate surface area is 218 Å². The van der Waals surface area contributed by atoms with Crippen LogP contribution in [0.15, 0.2) is 23.8 Å². The van der Waals surface area contributed by atoms with Gasteiger partial charge >= 0.3 is 11.9 Å². The van der Waals surface area contributed by atoms with Crippen LogP contribution < -0.4 is 0 Å². The molecule has 8 heteroatoms. The molecule has 1 N–H and O–H groups in total. The van der Waals surface area contributed by atoms with Crippen LogP contribution in [0.4, 0.5) is 0 Å². The van der Waals surface area contributed by atoms with Gasteiger partial charge in [0.05, 0.1) is 12.5 Å². The normalized spacial score (nSPS) is 39.1. The monoisotopic (exact) mass is 516 g/mol. The SMILES string of the molecule is COCC(=O)OCC(=O)[C@@]1(OC(=O)CC(C)O)CC[C@H]2[C@@H]3C[C@H](C)C4=CC(=O)C=C[C@]4(C)[C@H]3CC[C@@]21C. The maximum absolute atomic E-state index is 13.8. The van der Waals surface area contributed by atoms with Crippen molar-refractivity contribution in [2.75, 3.05) is 20.3 Å². The third kappa shape index (κ3) is 4.60. The van der Waals surface area contributed by atoms with E-state index >= 15 is 0 Å². The van der Waals surface area contributed by atoms with E-state index in [9.17, 15) is 24.3 Å². The molecule has 0 spiro atoms. The van der Waals surface area contributed by atoms with E-state index in [4.69, 9.17) is 14.2 Å². The van der Waals surface area contributed by atoms with E-state index in [0.717, 1.165) is 12.8 Å². The molecule has 0 aromatic rings. The van der Waals surface area contributed by atoms with E-state index < -0.39 is 41.4 Å². The van der Waals surface area contributed by atoms with Gasteiger partial charge in [0.2, 0.25) is 5.78 Å². The molecule has 3 saturated carbocycles. The second-order valence-corrected chi connectivity index (χ2v) is 12.0. The van der Waals surface area contributed by atoms with Gasteiger partial charge < -0.3 is 19.3 Å². The summed E-state index contributed by atoms with van der Waals surface area (Å²) in [6.45, 7) is 7.18. The van der Waals surface area contributed by atoms with Crippen molar-refractivity contribution in [2.24, 2.45) is 34.5 Å². The quantitative estimate of drug-likeness (QED) is 0.488. The van der Waals surface area contributed by atoms with Gasteiger partial charge in [0, 0.05) is 17.9 Å². The molecule has 1 unspecified atom stereocenters. The number of esters is 2. The Morgan fingerprint density at radius 3 is 2.49 bits per heavy atom. The Morgan fingerprint density at radius 1 is 1.11 bits per heavy atom. The molecule has 0 heterocycles. The van der Waals surface area contributed by atoms with Gasteiger partial charge in [0.15, 0.2) is 18.0 Å². The van der Waals surface area contributed by atoms with Crippen molar-refractivity contribution in [3.8, 4) is 0 Å². The summed E-state index contributed by atoms with van der Waals surface area (Å²) in [5.41, 5.74) is -1.09. The van der Waals surface area contributed by atoms with Gasteiger partial charge in [-0.05, 0) is 74.9 Å². The smallest absolute Gasteiger partial charge is 0.332 e. The minimum Gasteiger partial charge on any atom is -0.456 e. The summed E-state index contributed by atoms with van der Waals surface area (Å²) in [6, 6.07) is 0. The summed E-state index contributed by atoms with van der Waals surface area (Å²) in [7, 11) is 1.37. The number of carbonyl (C=O) groups excluding carboxylic acids is 4. The Kier molecular flexibility index (Phi) is 7.56. The second kappa shape index (κ2) is 10.1. The van der Waals surface area contributed by atoms with Gasteiger partial charge in [-0.15, -0.1) is 0 Å². The number of carbonyl (C=O) groups is 4. The highest BCUT2D eigenvalue weighted by Crippen LogP contribution is 2.68. The Hall–Kier alpha value is -2.32. The fourth-order valence-corrected chi connectivity index (χ4v) is 8.20. The van der Waals surface area contributed by atoms with Crippen LogP contribution in [0.2, 0.25) is 0 Å². The maximum atomic E-state index is 13.8. The van der Waals surface area contributed by atoms with Crippen LogP contribution in [-0.4, -0.2) is 60.6 Å². The van der Waals surface area contributed by atoms with E-state index in [1.807, 2.05) is 13.0 Å². The first kappa shape index (κ1) is 27.7. The molecule has 0 radical (unpaired) electrons. The molecule has 8 atom stereocenters. The largest absolute Gasteiger partial charge is 0.456 e. The Morgan fingerprint density at radius 2 is 1.81 bits per heavy atom. The molecule has 0 bridgehead atoms. The molecule has 0 aromatic carbocycles. The minimum absolute atomic E-state index is 0.0388. The van der Waals surface area contributed by atoms with Crippen molar-refractivity contribution in [1.82, 2.24) is 0 Å². The summed E-state index contributed by atoms with van der Waals surface area (Å²) in [5, 5.41) is 9.79. The third-order valence-corrected chi connectivity index (χ3v) is 9.82. The van der Waals surface area contributed by atoms with Crippen LogP contribution >= 0.6 is 0 Å². The molecule has 37 heavy (non-hydrogen) atoms. The Balaban J connectivity index is 1.67. The molecule has 0 aromatic heterocycles. The lowest BCUT2D eigenvalue weighted by Crippen LogP contribution is -2.60. The third-order valence-electron chi connectivity index (χ3n) is 9.82. The van der Waals surface area contributed by atoms with E-state index in [1.165, 1.54) is 19.6 Å². The Bertz CT molecular complexity index is 1030. The van der Waals surface area contributed by atoms with Crippen LogP contribution in [-0.2, 0) is 33.4 Å². The fraction of sp³-hybridized carbons (Fsp3) is 0.724. The van der Waals surface area contributed by atoms with Gasteiger partial charge in [-0.3, -0.25) is 14.4 Å². The number of rotatable bonds is 8. The van der Waals surface area contributed by atoms with Gasteiger partial charge in [-0.25, -0.2) is 4.79 Å². The molecular formula is C29H40O8. The van der Waals surface area contributed by atoms with Crippen LogP contribution in [0.1, 0.15) is 66.2 Å². The van der Waals surface area contributed by atoms with E-state index in [-0.39, 0.29) is 42.0 Å². The lowest BCUT2D eigenvalue weighted by Gasteiger charge is -2.59. The second-order valence-electron chi connectivity index (χ2n) is 12.0. The molecule has 4 aliphatic rings. The zero-order valence-corrected chi connectivity index (χ0v) is 22.6. The molecule has 0 saturated heterocycles. The zero-order valence-electron chi connectivity index (χ0n) is 22.6. The average molecular weight is 517 g/mol. The van der Waals surface area contributed by atoms with Crippen molar-refractivity contribution < 1.29 is 38.5 Å². The topological polar surface area (TPSA) is 116 Å². The maximum Gasteiger partial charge on any atom is 0.332 e. The van der Waals surface area contributed by atoms with Crippen molar-refractivity contribution in [3.05, 3.63) is 23.8 Å². The first-order chi connectivity index (χ1) is 17.4. The molecule has 4 rings (SSSR count). The summed E-state index contributed by atoms with van der Waals surface area (Å²) in [5.74, 6) is -0.715. The first-order valence-corrected chi connectivity index (χ1v) is 13.4. The highest BCUT2D eigenvalue weighted by molar-refractivity contribution is 6.01. The fourth-order valence-electron chi connectivity index (χ4n) is 8.20. The number of ketones is 2. The lowest BCUT2D eigenvalue weighted by atomic mass is 9.45. The number of ether oxygens (including phenoxy) is 3. The predicted molar refractivity (Wildman–Crippen MR) is 134 cm³/mol. The van der Waals surface area contributed by atoms with Crippen molar-refractivity contribution in [1.29, 1.82) is 0 Å². The number of hydrogen-bond donors (Lipinski definition) is 1. The summed E-state index contributed by atoms with van der Waals surface area (Å²) >= 11 is 0. The average Bonchev–Trinajstić information content (AvgIpc) is 3.11. The molecule has 204 valence electrons. The van der Waals surface area contributed by atoms with Gasteiger partial charge in [0.1, 0.15) is 6.61 Å². The molecule has 3 fully saturated rings. The van der Waals surface area contributed by atoms with Gasteiger partial charge in [-0.2, -0.15) is 0 Å². The van der Waals surface area contributed by atoms with Gasteiger partial charge in [0.25, 0.3) is 0 Å². The van der Waals surface area contributed by atoms with Crippen molar-refractivity contribution in [3.63, 3.8) is 0 Å². The summed E-state index contributed by atoms with van der Waals surface area (Å²) in [6.07, 6.45) is 7.91. The summed E-state index contributed by atoms with van der Waals surface area (Å²) in [4.78, 5) is 50.8. The standard InChI is InChI=1S/C29H40O8/c1-17-12-20-21(27(3)9-6-19(31)14-23(17)27)7-10-28(4)22(20)8-11-29(28,37-25(33)13-18(2)30)24(32)15-36-26(34)16-35-5/h6,9,14,17-18,20-22,30H,7-8,10-13,15-16H2,1-5H3/t17-,18?,20+,21-,22-,27+,28-,29-/m0/s1. The number of allylic oxidation sites excluding steroid dienone is 4. The van der Waals surface area contributed by atoms with Gasteiger partial charge in [-0.1, -0.05) is 32.4 Å². The number of hydrogen-bond acceptors (Lipinski definition) is 8. The number of aliphatic hydroxyl groups excluding tert-OH is 1. The van der Waals surface area contributed by atoms with Crippen LogP contribution in [0.25, 0.3) is 0 Å². The summed E-state index contributed by atoms with van der Waals surface area (Å²) < 4.78 is 16.0. The number of methoxy groups -OCH3 is 1. The first-order valence-electron chi connectivity index (χ1n) is 13.4. The van der Waals surface area contributed by atoms with Crippen LogP contribution in [0.5, 0.6) is 0 Å². The molecule has 8 nitrogen and oxygen atoms in total. The van der Waals surface area contributed by atoms with Crippen LogP contribution in [0.3, 0.4) is 0 Å². The van der Waals surface area contributed by atoms with E-state index in [1.54, 1.807) is 6.08 Å². The highest BCUT2D eigenvalue weighted by atomic mass is 16.6. The molecular weight excluding hydrogens is 476 g/mol. The predicted octanol–water partition coefficient (Wildman–Crippen LogP) is 3.35. The number of Topliss-reactive ketones (excluding diaryl/α,β-unsaturated/α-hetero) is 1. The van der Waals surface area contributed by atoms with E-state index in [0.29, 0.717) is 25.2 Å². The molecule has 4 aliphatic carbocycles. The van der Waals surface area contributed by atoms with Crippen LogP contribution in [0, 0.1) is 34.5 Å². The highest BCUT2D eigenvalue weighted by Gasteiger charge is 2.69. The van der Waals surface area contributed by atoms with E-state index in [2.05, 4.69) is 19.9 Å². The van der Waals surface area contributed by atoms with Crippen molar-refractivity contribution in [2.45, 2.75) is 77.9 Å². The lowest BCUT2D eigenvalue weighted by molar-refractivity contribution is -0.193. The zero-order chi connectivity index (χ0) is 27.2. The van der Waals surface area contributed by atoms with Crippen molar-refractivity contribution >= 4 is 23.5 Å². The number of aliphatic hydroxyl groups is 1. The molecule has 0 amide bonds. The molecule has 0 aliphatic heterocycles. The minimum atomic E-state index is -1.43. The number of fused-ring (bicyclic) bond motifs is 5.